The molecule has 31 heavy (non-hydrogen) atoms. The summed E-state index contributed by atoms with van der Waals surface area (Å²) in [5.74, 6) is 1.11. The van der Waals surface area contributed by atoms with Gasteiger partial charge in [0.25, 0.3) is 0 Å². The molecule has 148 valence electrons. The van der Waals surface area contributed by atoms with Crippen molar-refractivity contribution in [1.29, 1.82) is 0 Å². The van der Waals surface area contributed by atoms with Gasteiger partial charge >= 0.3 is 0 Å². The van der Waals surface area contributed by atoms with Crippen molar-refractivity contribution in [2.45, 2.75) is 0 Å². The summed E-state index contributed by atoms with van der Waals surface area (Å²) in [6.07, 6.45) is 0. The van der Waals surface area contributed by atoms with Gasteiger partial charge in [0, 0.05) is 11.1 Å². The topological polar surface area (TPSA) is 38.7 Å². The molecular weight excluding hydrogens is 402 g/mol. The lowest BCUT2D eigenvalue weighted by Gasteiger charge is -2.13. The predicted molar refractivity (Wildman–Crippen MR) is 127 cm³/mol. The number of benzene rings is 4. The van der Waals surface area contributed by atoms with Crippen LogP contribution < -0.4 is 0 Å². The van der Waals surface area contributed by atoms with Crippen LogP contribution in [0, 0.1) is 0 Å². The molecule has 5 rings (SSSR count). The standard InChI is InChI=1S/C27H18ClN3/c28-27-30-25(21-14-8-3-9-15-21)29-26(31-27)24-18-22(19-10-4-1-5-11-19)16-17-23(24)20-12-6-2-7-13-20/h1-18H. The highest BCUT2D eigenvalue weighted by Crippen LogP contribution is 2.35. The third kappa shape index (κ3) is 4.09. The molecule has 5 aromatic rings. The van der Waals surface area contributed by atoms with Gasteiger partial charge in [-0.25, -0.2) is 4.98 Å². The van der Waals surface area contributed by atoms with E-state index in [0.717, 1.165) is 33.4 Å². The molecule has 0 aliphatic heterocycles. The van der Waals surface area contributed by atoms with E-state index < -0.39 is 0 Å². The lowest BCUT2D eigenvalue weighted by Crippen LogP contribution is -1.99. The Balaban J connectivity index is 1.73. The van der Waals surface area contributed by atoms with Crippen molar-refractivity contribution < 1.29 is 0 Å². The van der Waals surface area contributed by atoms with Crippen molar-refractivity contribution in [3.8, 4) is 45.0 Å². The van der Waals surface area contributed by atoms with Gasteiger partial charge in [-0.15, -0.1) is 0 Å². The number of rotatable bonds is 4. The molecule has 0 bridgehead atoms. The second kappa shape index (κ2) is 8.50. The second-order valence-electron chi connectivity index (χ2n) is 7.11. The lowest BCUT2D eigenvalue weighted by atomic mass is 9.94. The molecule has 4 aromatic carbocycles. The Morgan fingerprint density at radius 1 is 0.419 bits per heavy atom. The molecule has 0 atom stereocenters. The molecule has 0 fully saturated rings. The van der Waals surface area contributed by atoms with E-state index in [4.69, 9.17) is 16.6 Å². The second-order valence-corrected chi connectivity index (χ2v) is 7.45. The maximum Gasteiger partial charge on any atom is 0.226 e. The summed E-state index contributed by atoms with van der Waals surface area (Å²) < 4.78 is 0. The average Bonchev–Trinajstić information content (AvgIpc) is 2.85. The summed E-state index contributed by atoms with van der Waals surface area (Å²) in [5, 5.41) is 0.174. The van der Waals surface area contributed by atoms with Crippen LogP contribution in [-0.4, -0.2) is 15.0 Å². The minimum absolute atomic E-state index is 0.174. The maximum atomic E-state index is 6.34. The first-order valence-corrected chi connectivity index (χ1v) is 10.4. The number of hydrogen-bond donors (Lipinski definition) is 0. The van der Waals surface area contributed by atoms with E-state index in [1.165, 1.54) is 0 Å². The number of hydrogen-bond acceptors (Lipinski definition) is 3. The van der Waals surface area contributed by atoms with E-state index in [2.05, 4.69) is 52.4 Å². The van der Waals surface area contributed by atoms with Crippen molar-refractivity contribution in [1.82, 2.24) is 15.0 Å². The molecule has 0 amide bonds. The van der Waals surface area contributed by atoms with Gasteiger partial charge < -0.3 is 0 Å². The van der Waals surface area contributed by atoms with Crippen molar-refractivity contribution in [2.24, 2.45) is 0 Å². The summed E-state index contributed by atoms with van der Waals surface area (Å²) in [6.45, 7) is 0. The zero-order chi connectivity index (χ0) is 21.0. The van der Waals surface area contributed by atoms with Crippen LogP contribution in [0.1, 0.15) is 0 Å². The van der Waals surface area contributed by atoms with Gasteiger partial charge in [-0.1, -0.05) is 103 Å². The Kier molecular flexibility index (Phi) is 5.26. The Labute approximate surface area is 186 Å². The lowest BCUT2D eigenvalue weighted by molar-refractivity contribution is 1.07. The molecule has 0 aliphatic carbocycles. The van der Waals surface area contributed by atoms with E-state index in [0.29, 0.717) is 11.6 Å². The van der Waals surface area contributed by atoms with Crippen LogP contribution in [-0.2, 0) is 0 Å². The van der Waals surface area contributed by atoms with E-state index in [9.17, 15) is 0 Å². The smallest absolute Gasteiger partial charge is 0.208 e. The maximum absolute atomic E-state index is 6.34. The van der Waals surface area contributed by atoms with Gasteiger partial charge in [-0.05, 0) is 39.9 Å². The fraction of sp³-hybridized carbons (Fsp3) is 0. The number of aromatic nitrogens is 3. The normalized spacial score (nSPS) is 10.7. The van der Waals surface area contributed by atoms with Gasteiger partial charge in [0.1, 0.15) is 0 Å². The molecular formula is C27H18ClN3. The summed E-state index contributed by atoms with van der Waals surface area (Å²) in [6, 6.07) is 36.7. The van der Waals surface area contributed by atoms with Crippen molar-refractivity contribution in [3.63, 3.8) is 0 Å². The average molecular weight is 420 g/mol. The first kappa shape index (κ1) is 19.2. The first-order chi connectivity index (χ1) is 15.3. The van der Waals surface area contributed by atoms with Crippen LogP contribution in [0.4, 0.5) is 0 Å². The zero-order valence-electron chi connectivity index (χ0n) is 16.6. The molecule has 0 saturated heterocycles. The van der Waals surface area contributed by atoms with E-state index in [1.54, 1.807) is 0 Å². The minimum Gasteiger partial charge on any atom is -0.208 e. The molecule has 0 unspecified atom stereocenters. The summed E-state index contributed by atoms with van der Waals surface area (Å²) >= 11 is 6.34. The summed E-state index contributed by atoms with van der Waals surface area (Å²) in [4.78, 5) is 13.6. The van der Waals surface area contributed by atoms with Crippen molar-refractivity contribution in [3.05, 3.63) is 114 Å². The van der Waals surface area contributed by atoms with E-state index >= 15 is 0 Å². The highest BCUT2D eigenvalue weighted by molar-refractivity contribution is 6.28. The van der Waals surface area contributed by atoms with Crippen molar-refractivity contribution in [2.75, 3.05) is 0 Å². The minimum atomic E-state index is 0.174. The van der Waals surface area contributed by atoms with Crippen LogP contribution in [0.15, 0.2) is 109 Å². The Morgan fingerprint density at radius 2 is 0.968 bits per heavy atom. The third-order valence-electron chi connectivity index (χ3n) is 5.09. The predicted octanol–water partition coefficient (Wildman–Crippen LogP) is 7.19. The Bertz CT molecular complexity index is 1320. The molecule has 0 N–H and O–H groups in total. The molecule has 0 saturated carbocycles. The van der Waals surface area contributed by atoms with Gasteiger partial charge in [0.2, 0.25) is 5.28 Å². The van der Waals surface area contributed by atoms with Gasteiger partial charge in [0.15, 0.2) is 11.6 Å². The molecule has 4 heteroatoms. The Hall–Kier alpha value is -3.82. The molecule has 1 heterocycles. The molecule has 0 spiro atoms. The van der Waals surface area contributed by atoms with Gasteiger partial charge in [-0.2, -0.15) is 9.97 Å². The van der Waals surface area contributed by atoms with Gasteiger partial charge in [0.05, 0.1) is 0 Å². The monoisotopic (exact) mass is 419 g/mol. The van der Waals surface area contributed by atoms with E-state index in [1.807, 2.05) is 66.7 Å². The van der Waals surface area contributed by atoms with Crippen molar-refractivity contribution >= 4 is 11.6 Å². The van der Waals surface area contributed by atoms with Crippen LogP contribution in [0.3, 0.4) is 0 Å². The summed E-state index contributed by atoms with van der Waals surface area (Å²) in [7, 11) is 0. The molecule has 0 radical (unpaired) electrons. The highest BCUT2D eigenvalue weighted by Gasteiger charge is 2.15. The fourth-order valence-corrected chi connectivity index (χ4v) is 3.76. The number of nitrogens with zero attached hydrogens (tertiary/aromatic N) is 3. The first-order valence-electron chi connectivity index (χ1n) is 10.0. The number of halogens is 1. The van der Waals surface area contributed by atoms with Crippen LogP contribution >= 0.6 is 11.6 Å². The fourth-order valence-electron chi connectivity index (χ4n) is 3.60. The third-order valence-corrected chi connectivity index (χ3v) is 5.26. The largest absolute Gasteiger partial charge is 0.226 e. The SMILES string of the molecule is Clc1nc(-c2ccccc2)nc(-c2cc(-c3ccccc3)ccc2-c2ccccc2)n1. The zero-order valence-corrected chi connectivity index (χ0v) is 17.4. The quantitative estimate of drug-likeness (QED) is 0.309. The van der Waals surface area contributed by atoms with Gasteiger partial charge in [-0.3, -0.25) is 0 Å². The van der Waals surface area contributed by atoms with Crippen LogP contribution in [0.5, 0.6) is 0 Å². The highest BCUT2D eigenvalue weighted by atomic mass is 35.5. The van der Waals surface area contributed by atoms with Crippen LogP contribution in [0.25, 0.3) is 45.0 Å². The molecule has 3 nitrogen and oxygen atoms in total. The summed E-state index contributed by atoms with van der Waals surface area (Å²) in [5.41, 5.74) is 6.17. The van der Waals surface area contributed by atoms with Crippen LogP contribution in [0.2, 0.25) is 5.28 Å². The molecule has 0 aliphatic rings. The molecule has 1 aromatic heterocycles. The Morgan fingerprint density at radius 3 is 1.61 bits per heavy atom. The van der Waals surface area contributed by atoms with E-state index in [-0.39, 0.29) is 5.28 Å².